The summed E-state index contributed by atoms with van der Waals surface area (Å²) < 4.78 is 0. The van der Waals surface area contributed by atoms with Crippen molar-refractivity contribution in [3.63, 3.8) is 0 Å². The molecule has 0 aromatic rings. The van der Waals surface area contributed by atoms with E-state index < -0.39 is 5.97 Å². The minimum absolute atomic E-state index is 0.0736. The summed E-state index contributed by atoms with van der Waals surface area (Å²) in [5, 5.41) is 8.61. The van der Waals surface area contributed by atoms with Crippen molar-refractivity contribution in [1.29, 1.82) is 0 Å². The first kappa shape index (κ1) is 11.2. The van der Waals surface area contributed by atoms with Crippen LogP contribution in [-0.2, 0) is 4.79 Å². The predicted octanol–water partition coefficient (Wildman–Crippen LogP) is 2.84. The largest absolute Gasteiger partial charge is 0.478 e. The van der Waals surface area contributed by atoms with Crippen LogP contribution in [0.15, 0.2) is 12.2 Å². The number of hydrogen-bond donors (Lipinski definition) is 1. The molecule has 1 N–H and O–H groups in total. The van der Waals surface area contributed by atoms with Gasteiger partial charge in [0.05, 0.1) is 0 Å². The van der Waals surface area contributed by atoms with Crippen LogP contribution in [0.1, 0.15) is 40.0 Å². The monoisotopic (exact) mass is 170 g/mol. The summed E-state index contributed by atoms with van der Waals surface area (Å²) in [6.07, 6.45) is 2.70. The molecule has 0 aromatic heterocycles. The number of carboxylic acid groups (broad SMARTS) is 1. The molecular formula is C10H18O2. The molecule has 0 aliphatic rings. The summed E-state index contributed by atoms with van der Waals surface area (Å²) >= 11 is 0. The lowest BCUT2D eigenvalue weighted by atomic mass is 9.82. The maximum absolute atomic E-state index is 10.5. The van der Waals surface area contributed by atoms with E-state index in [9.17, 15) is 4.79 Å². The predicted molar refractivity (Wildman–Crippen MR) is 50.1 cm³/mol. The summed E-state index contributed by atoms with van der Waals surface area (Å²) in [6, 6.07) is 0. The van der Waals surface area contributed by atoms with E-state index in [1.54, 1.807) is 0 Å². The van der Waals surface area contributed by atoms with E-state index in [4.69, 9.17) is 5.11 Å². The molecule has 0 aliphatic carbocycles. The van der Waals surface area contributed by atoms with Gasteiger partial charge in [0.25, 0.3) is 0 Å². The van der Waals surface area contributed by atoms with E-state index in [0.29, 0.717) is 12.0 Å². The Hall–Kier alpha value is -0.790. The van der Waals surface area contributed by atoms with Crippen LogP contribution in [-0.4, -0.2) is 11.1 Å². The summed E-state index contributed by atoms with van der Waals surface area (Å²) in [6.45, 7) is 9.77. The van der Waals surface area contributed by atoms with Crippen molar-refractivity contribution in [1.82, 2.24) is 0 Å². The zero-order chi connectivity index (χ0) is 9.78. The maximum atomic E-state index is 10.5. The highest BCUT2D eigenvalue weighted by molar-refractivity contribution is 5.85. The molecule has 0 radical (unpaired) electrons. The normalized spacial score (nSPS) is 11.2. The molecule has 2 nitrogen and oxygen atoms in total. The third-order valence-corrected chi connectivity index (χ3v) is 1.92. The minimum atomic E-state index is -0.876. The van der Waals surface area contributed by atoms with Crippen molar-refractivity contribution in [2.75, 3.05) is 0 Å². The van der Waals surface area contributed by atoms with Crippen LogP contribution in [0.5, 0.6) is 0 Å². The lowest BCUT2D eigenvalue weighted by Gasteiger charge is -2.23. The fraction of sp³-hybridized carbons (Fsp3) is 0.700. The van der Waals surface area contributed by atoms with Crippen molar-refractivity contribution in [3.8, 4) is 0 Å². The van der Waals surface area contributed by atoms with Gasteiger partial charge >= 0.3 is 5.97 Å². The minimum Gasteiger partial charge on any atom is -0.478 e. The highest BCUT2D eigenvalue weighted by atomic mass is 16.4. The smallest absolute Gasteiger partial charge is 0.330 e. The van der Waals surface area contributed by atoms with Crippen molar-refractivity contribution in [3.05, 3.63) is 12.2 Å². The molecular weight excluding hydrogens is 152 g/mol. The van der Waals surface area contributed by atoms with Gasteiger partial charge in [0.2, 0.25) is 0 Å². The molecule has 70 valence electrons. The molecule has 0 fully saturated rings. The summed E-state index contributed by atoms with van der Waals surface area (Å²) in [5.41, 5.74) is 0.387. The lowest BCUT2D eigenvalue weighted by molar-refractivity contribution is -0.133. The topological polar surface area (TPSA) is 37.3 Å². The number of hydrogen-bond acceptors (Lipinski definition) is 1. The molecule has 0 saturated heterocycles. The van der Waals surface area contributed by atoms with Crippen LogP contribution in [0.4, 0.5) is 0 Å². The summed E-state index contributed by atoms with van der Waals surface area (Å²) in [5.74, 6) is -0.876. The van der Waals surface area contributed by atoms with Crippen molar-refractivity contribution in [2.24, 2.45) is 5.41 Å². The second kappa shape index (κ2) is 4.29. The SMILES string of the molecule is C=C(CC(C)(C)CCC)C(=O)O. The van der Waals surface area contributed by atoms with Crippen LogP contribution >= 0.6 is 0 Å². The fourth-order valence-corrected chi connectivity index (χ4v) is 1.42. The Labute approximate surface area is 74.3 Å². The highest BCUT2D eigenvalue weighted by Gasteiger charge is 2.20. The zero-order valence-corrected chi connectivity index (χ0v) is 8.18. The third kappa shape index (κ3) is 4.16. The van der Waals surface area contributed by atoms with Gasteiger partial charge in [0.1, 0.15) is 0 Å². The first-order valence-electron chi connectivity index (χ1n) is 4.30. The van der Waals surface area contributed by atoms with Crippen LogP contribution in [0.3, 0.4) is 0 Å². The average Bonchev–Trinajstić information content (AvgIpc) is 1.85. The Bertz CT molecular complexity index is 180. The Morgan fingerprint density at radius 3 is 2.33 bits per heavy atom. The van der Waals surface area contributed by atoms with Crippen LogP contribution in [0, 0.1) is 5.41 Å². The van der Waals surface area contributed by atoms with Gasteiger partial charge < -0.3 is 5.11 Å². The first-order valence-corrected chi connectivity index (χ1v) is 4.30. The van der Waals surface area contributed by atoms with E-state index in [1.165, 1.54) is 0 Å². The fourth-order valence-electron chi connectivity index (χ4n) is 1.42. The Kier molecular flexibility index (Phi) is 4.01. The molecule has 12 heavy (non-hydrogen) atoms. The van der Waals surface area contributed by atoms with E-state index in [-0.39, 0.29) is 5.41 Å². The summed E-state index contributed by atoms with van der Waals surface area (Å²) in [7, 11) is 0. The molecule has 0 amide bonds. The molecule has 0 heterocycles. The van der Waals surface area contributed by atoms with Gasteiger partial charge in [-0.15, -0.1) is 0 Å². The first-order chi connectivity index (χ1) is 5.39. The quantitative estimate of drug-likeness (QED) is 0.644. The van der Waals surface area contributed by atoms with Gasteiger partial charge in [-0.05, 0) is 18.3 Å². The molecule has 0 spiro atoms. The van der Waals surface area contributed by atoms with Crippen molar-refractivity contribution >= 4 is 5.97 Å². The van der Waals surface area contributed by atoms with Crippen LogP contribution < -0.4 is 0 Å². The molecule has 0 rings (SSSR count). The van der Waals surface area contributed by atoms with Gasteiger partial charge in [0, 0.05) is 5.57 Å². The molecule has 0 unspecified atom stereocenters. The van der Waals surface area contributed by atoms with E-state index >= 15 is 0 Å². The standard InChI is InChI=1S/C10H18O2/c1-5-6-10(3,4)7-8(2)9(11)12/h2,5-7H2,1,3-4H3,(H,11,12). The highest BCUT2D eigenvalue weighted by Crippen LogP contribution is 2.29. The number of aliphatic carboxylic acids is 1. The van der Waals surface area contributed by atoms with Crippen molar-refractivity contribution < 1.29 is 9.90 Å². The Balaban J connectivity index is 4.05. The number of carboxylic acids is 1. The van der Waals surface area contributed by atoms with E-state index in [2.05, 4.69) is 27.4 Å². The van der Waals surface area contributed by atoms with Crippen LogP contribution in [0.25, 0.3) is 0 Å². The van der Waals surface area contributed by atoms with Gasteiger partial charge in [0.15, 0.2) is 0 Å². The van der Waals surface area contributed by atoms with E-state index in [1.807, 2.05) is 0 Å². The number of carbonyl (C=O) groups is 1. The van der Waals surface area contributed by atoms with Gasteiger partial charge in [-0.25, -0.2) is 4.79 Å². The van der Waals surface area contributed by atoms with Crippen LogP contribution in [0.2, 0.25) is 0 Å². The second-order valence-electron chi connectivity index (χ2n) is 4.00. The Morgan fingerprint density at radius 1 is 1.50 bits per heavy atom. The molecule has 0 aliphatic heterocycles. The Morgan fingerprint density at radius 2 is 2.00 bits per heavy atom. The summed E-state index contributed by atoms with van der Waals surface area (Å²) in [4.78, 5) is 10.5. The second-order valence-corrected chi connectivity index (χ2v) is 4.00. The molecule has 0 atom stereocenters. The lowest BCUT2D eigenvalue weighted by Crippen LogP contribution is -2.14. The third-order valence-electron chi connectivity index (χ3n) is 1.92. The molecule has 0 aromatic carbocycles. The maximum Gasteiger partial charge on any atom is 0.330 e. The molecule has 0 bridgehead atoms. The zero-order valence-electron chi connectivity index (χ0n) is 8.18. The molecule has 2 heteroatoms. The van der Waals surface area contributed by atoms with Gasteiger partial charge in [-0.2, -0.15) is 0 Å². The average molecular weight is 170 g/mol. The van der Waals surface area contributed by atoms with Gasteiger partial charge in [-0.1, -0.05) is 33.8 Å². The van der Waals surface area contributed by atoms with E-state index in [0.717, 1.165) is 12.8 Å². The molecule has 0 saturated carbocycles. The van der Waals surface area contributed by atoms with Crippen molar-refractivity contribution in [2.45, 2.75) is 40.0 Å². The van der Waals surface area contributed by atoms with Gasteiger partial charge in [-0.3, -0.25) is 0 Å². The number of rotatable bonds is 5.